The molecule has 0 aliphatic rings. The van der Waals surface area contributed by atoms with Crippen molar-refractivity contribution in [1.82, 2.24) is 0 Å². The van der Waals surface area contributed by atoms with Gasteiger partial charge in [-0.15, -0.1) is 0 Å². The van der Waals surface area contributed by atoms with Crippen LogP contribution in [-0.4, -0.2) is 7.85 Å². The first-order valence-electron chi connectivity index (χ1n) is 5.12. The molecule has 2 radical (unpaired) electrons. The Hall–Kier alpha value is -0.715. The summed E-state index contributed by atoms with van der Waals surface area (Å²) in [5, 5.41) is 0. The van der Waals surface area contributed by atoms with E-state index in [0.29, 0.717) is 6.32 Å². The normalized spacial score (nSPS) is 10.3. The molecule has 0 unspecified atom stereocenters. The van der Waals surface area contributed by atoms with Crippen LogP contribution in [0, 0.1) is 0 Å². The van der Waals surface area contributed by atoms with Gasteiger partial charge in [0.15, 0.2) is 0 Å². The molecule has 0 atom stereocenters. The maximum Gasteiger partial charge on any atom is 0.0716 e. The fraction of sp³-hybridized carbons (Fsp3) is 0.500. The molecule has 0 fully saturated rings. The second kappa shape index (κ2) is 5.11. The summed E-state index contributed by atoms with van der Waals surface area (Å²) in [7, 11) is 5.64. The highest BCUT2D eigenvalue weighted by Gasteiger charge is 1.97. The molecular formula is C12H17B. The summed E-state index contributed by atoms with van der Waals surface area (Å²) in [4.78, 5) is 0. The quantitative estimate of drug-likeness (QED) is 0.612. The Labute approximate surface area is 82.8 Å². The monoisotopic (exact) mass is 172 g/mol. The number of benzene rings is 1. The molecule has 0 heterocycles. The van der Waals surface area contributed by atoms with Crippen LogP contribution < -0.4 is 0 Å². The van der Waals surface area contributed by atoms with Crippen molar-refractivity contribution in [2.45, 2.75) is 39.4 Å². The molecule has 68 valence electrons. The van der Waals surface area contributed by atoms with E-state index < -0.39 is 0 Å². The van der Waals surface area contributed by atoms with Crippen LogP contribution in [0.5, 0.6) is 0 Å². The smallest absolute Gasteiger partial charge is 0.0651 e. The van der Waals surface area contributed by atoms with Crippen LogP contribution >= 0.6 is 0 Å². The van der Waals surface area contributed by atoms with E-state index in [-0.39, 0.29) is 0 Å². The third-order valence-corrected chi connectivity index (χ3v) is 2.29. The zero-order valence-electron chi connectivity index (χ0n) is 8.64. The lowest BCUT2D eigenvalue weighted by Gasteiger charge is -2.06. The summed E-state index contributed by atoms with van der Waals surface area (Å²) in [6, 6.07) is 6.73. The molecular weight excluding hydrogens is 155 g/mol. The molecule has 0 bridgehead atoms. The van der Waals surface area contributed by atoms with Crippen molar-refractivity contribution in [2.75, 3.05) is 0 Å². The first kappa shape index (κ1) is 10.4. The van der Waals surface area contributed by atoms with Crippen molar-refractivity contribution in [3.8, 4) is 0 Å². The van der Waals surface area contributed by atoms with Crippen LogP contribution in [0.2, 0.25) is 0 Å². The molecule has 0 N–H and O–H groups in total. The van der Waals surface area contributed by atoms with Gasteiger partial charge >= 0.3 is 0 Å². The van der Waals surface area contributed by atoms with E-state index in [1.165, 1.54) is 29.5 Å². The van der Waals surface area contributed by atoms with Gasteiger partial charge in [-0.2, -0.15) is 0 Å². The molecule has 0 nitrogen and oxygen atoms in total. The number of rotatable bonds is 4. The third-order valence-electron chi connectivity index (χ3n) is 2.29. The molecule has 1 aromatic rings. The fourth-order valence-electron chi connectivity index (χ4n) is 1.59. The van der Waals surface area contributed by atoms with Gasteiger partial charge in [0.25, 0.3) is 0 Å². The fourth-order valence-corrected chi connectivity index (χ4v) is 1.59. The van der Waals surface area contributed by atoms with Gasteiger partial charge in [-0.25, -0.2) is 0 Å². The van der Waals surface area contributed by atoms with Gasteiger partial charge in [0, 0.05) is 0 Å². The molecule has 0 spiro atoms. The van der Waals surface area contributed by atoms with Crippen molar-refractivity contribution >= 4 is 7.85 Å². The molecule has 1 aromatic carbocycles. The van der Waals surface area contributed by atoms with Gasteiger partial charge in [-0.3, -0.25) is 0 Å². The standard InChI is InChI=1S/C12H17B/c1-3-5-11-6-10(4-2)7-12(8-11)9-13/h6-8H,3-5,9H2,1-2H3. The summed E-state index contributed by atoms with van der Waals surface area (Å²) in [6.07, 6.45) is 4.13. The van der Waals surface area contributed by atoms with E-state index in [1.54, 1.807) is 0 Å². The van der Waals surface area contributed by atoms with Crippen LogP contribution in [0.4, 0.5) is 0 Å². The summed E-state index contributed by atoms with van der Waals surface area (Å²) < 4.78 is 0. The molecule has 0 aromatic heterocycles. The lowest BCUT2D eigenvalue weighted by Crippen LogP contribution is -1.92. The van der Waals surface area contributed by atoms with E-state index in [1.807, 2.05) is 0 Å². The molecule has 0 aliphatic heterocycles. The molecule has 1 heteroatoms. The van der Waals surface area contributed by atoms with E-state index >= 15 is 0 Å². The Bertz CT molecular complexity index is 244. The van der Waals surface area contributed by atoms with Gasteiger partial charge in [-0.1, -0.05) is 50.4 Å². The molecule has 1 rings (SSSR count). The summed E-state index contributed by atoms with van der Waals surface area (Å²) in [5.41, 5.74) is 4.11. The largest absolute Gasteiger partial charge is 0.0716 e. The lowest BCUT2D eigenvalue weighted by molar-refractivity contribution is 0.914. The second-order valence-electron chi connectivity index (χ2n) is 3.47. The molecule has 0 aliphatic carbocycles. The average Bonchev–Trinajstić information content (AvgIpc) is 2.17. The van der Waals surface area contributed by atoms with Crippen LogP contribution in [0.25, 0.3) is 0 Å². The van der Waals surface area contributed by atoms with Crippen LogP contribution in [0.1, 0.15) is 37.0 Å². The number of hydrogen-bond donors (Lipinski definition) is 0. The Morgan fingerprint density at radius 3 is 2.15 bits per heavy atom. The van der Waals surface area contributed by atoms with Gasteiger partial charge in [-0.05, 0) is 24.0 Å². The van der Waals surface area contributed by atoms with Crippen molar-refractivity contribution in [3.05, 3.63) is 34.9 Å². The van der Waals surface area contributed by atoms with Gasteiger partial charge in [0.05, 0.1) is 7.85 Å². The molecule has 0 saturated heterocycles. The topological polar surface area (TPSA) is 0 Å². The van der Waals surface area contributed by atoms with Gasteiger partial charge in [0.2, 0.25) is 0 Å². The van der Waals surface area contributed by atoms with E-state index in [2.05, 4.69) is 32.0 Å². The lowest BCUT2D eigenvalue weighted by atomic mass is 9.92. The van der Waals surface area contributed by atoms with Crippen LogP contribution in [0.3, 0.4) is 0 Å². The Balaban J connectivity index is 2.93. The summed E-state index contributed by atoms with van der Waals surface area (Å²) in [5.74, 6) is 0. The number of hydrogen-bond acceptors (Lipinski definition) is 0. The molecule has 0 saturated carbocycles. The minimum atomic E-state index is 0.657. The predicted octanol–water partition coefficient (Wildman–Crippen LogP) is 2.87. The first-order chi connectivity index (χ1) is 6.30. The summed E-state index contributed by atoms with van der Waals surface area (Å²) in [6.45, 7) is 4.39. The van der Waals surface area contributed by atoms with Crippen LogP contribution in [-0.2, 0) is 19.2 Å². The Morgan fingerprint density at radius 1 is 1.00 bits per heavy atom. The van der Waals surface area contributed by atoms with E-state index in [4.69, 9.17) is 7.85 Å². The van der Waals surface area contributed by atoms with Gasteiger partial charge < -0.3 is 0 Å². The maximum absolute atomic E-state index is 5.64. The van der Waals surface area contributed by atoms with E-state index in [0.717, 1.165) is 6.42 Å². The molecule has 13 heavy (non-hydrogen) atoms. The molecule has 0 amide bonds. The predicted molar refractivity (Wildman–Crippen MR) is 59.3 cm³/mol. The highest BCUT2D eigenvalue weighted by molar-refractivity contribution is 6.08. The Morgan fingerprint density at radius 2 is 1.62 bits per heavy atom. The van der Waals surface area contributed by atoms with Crippen molar-refractivity contribution in [2.24, 2.45) is 0 Å². The Kier molecular flexibility index (Phi) is 4.07. The average molecular weight is 172 g/mol. The summed E-state index contributed by atoms with van der Waals surface area (Å²) >= 11 is 0. The second-order valence-corrected chi connectivity index (χ2v) is 3.47. The third kappa shape index (κ3) is 2.91. The van der Waals surface area contributed by atoms with Gasteiger partial charge in [0.1, 0.15) is 0 Å². The van der Waals surface area contributed by atoms with Crippen LogP contribution in [0.15, 0.2) is 18.2 Å². The van der Waals surface area contributed by atoms with E-state index in [9.17, 15) is 0 Å². The number of aryl methyl sites for hydroxylation is 2. The van der Waals surface area contributed by atoms with Crippen molar-refractivity contribution in [3.63, 3.8) is 0 Å². The zero-order valence-corrected chi connectivity index (χ0v) is 8.64. The SMILES string of the molecule is [B]Cc1cc(CC)cc(CCC)c1. The highest BCUT2D eigenvalue weighted by atomic mass is 14.0. The minimum Gasteiger partial charge on any atom is -0.0651 e. The zero-order chi connectivity index (χ0) is 9.68. The maximum atomic E-state index is 5.64. The van der Waals surface area contributed by atoms with Crippen molar-refractivity contribution in [1.29, 1.82) is 0 Å². The minimum absolute atomic E-state index is 0.657. The van der Waals surface area contributed by atoms with Crippen molar-refractivity contribution < 1.29 is 0 Å². The highest BCUT2D eigenvalue weighted by Crippen LogP contribution is 2.12. The first-order valence-corrected chi connectivity index (χ1v) is 5.12.